The lowest BCUT2D eigenvalue weighted by Gasteiger charge is -2.16. The van der Waals surface area contributed by atoms with E-state index in [1.54, 1.807) is 0 Å². The monoisotopic (exact) mass is 591 g/mol. The molecule has 0 saturated heterocycles. The summed E-state index contributed by atoms with van der Waals surface area (Å²) in [5.74, 6) is -1.10. The highest BCUT2D eigenvalue weighted by molar-refractivity contribution is 5.71. The van der Waals surface area contributed by atoms with E-state index in [0.717, 1.165) is 32.1 Å². The third-order valence-electron chi connectivity index (χ3n) is 8.16. The van der Waals surface area contributed by atoms with Crippen molar-refractivity contribution in [2.24, 2.45) is 0 Å². The predicted molar refractivity (Wildman–Crippen MR) is 181 cm³/mol. The number of hydrogen-bond donors (Lipinski definition) is 1. The lowest BCUT2D eigenvalue weighted by Crippen LogP contribution is -2.21. The number of unbranched alkanes of at least 4 members (excludes halogenated alkanes) is 22. The van der Waals surface area contributed by atoms with E-state index in [0.29, 0.717) is 12.8 Å². The molecule has 0 bridgehead atoms. The highest BCUT2D eigenvalue weighted by Crippen LogP contribution is 2.17. The van der Waals surface area contributed by atoms with Gasteiger partial charge in [-0.2, -0.15) is 0 Å². The molecule has 1 atom stereocenters. The van der Waals surface area contributed by atoms with Crippen LogP contribution in [0.15, 0.2) is 24.3 Å². The molecule has 42 heavy (non-hydrogen) atoms. The Labute approximate surface area is 261 Å². The second kappa shape index (κ2) is 33.9. The second-order valence-electron chi connectivity index (χ2n) is 12.4. The molecule has 0 heterocycles. The molecule has 246 valence electrons. The van der Waals surface area contributed by atoms with E-state index in [2.05, 4.69) is 38.2 Å². The van der Waals surface area contributed by atoms with E-state index < -0.39 is 12.1 Å². The first-order valence-electron chi connectivity index (χ1n) is 18.3. The Morgan fingerprint density at radius 2 is 0.952 bits per heavy atom. The SMILES string of the molecule is CCCCC/C=C\C/C=C\CCCCCCCCCCCC(=O)OC(CCCCCCCCCCCCC)CC(=O)O. The maximum absolute atomic E-state index is 12.3. The van der Waals surface area contributed by atoms with Crippen LogP contribution < -0.4 is 0 Å². The molecule has 0 aliphatic carbocycles. The van der Waals surface area contributed by atoms with Gasteiger partial charge in [0, 0.05) is 6.42 Å². The molecule has 0 fully saturated rings. The van der Waals surface area contributed by atoms with Crippen molar-refractivity contribution in [3.8, 4) is 0 Å². The van der Waals surface area contributed by atoms with E-state index in [1.165, 1.54) is 135 Å². The summed E-state index contributed by atoms with van der Waals surface area (Å²) >= 11 is 0. The van der Waals surface area contributed by atoms with E-state index in [4.69, 9.17) is 4.74 Å². The van der Waals surface area contributed by atoms with Crippen LogP contribution in [0, 0.1) is 0 Å². The van der Waals surface area contributed by atoms with E-state index in [1.807, 2.05) is 0 Å². The van der Waals surface area contributed by atoms with Gasteiger partial charge in [-0.3, -0.25) is 9.59 Å². The fraction of sp³-hybridized carbons (Fsp3) is 0.842. The Morgan fingerprint density at radius 1 is 0.548 bits per heavy atom. The van der Waals surface area contributed by atoms with Crippen molar-refractivity contribution in [2.75, 3.05) is 0 Å². The normalized spacial score (nSPS) is 12.4. The van der Waals surface area contributed by atoms with E-state index in [-0.39, 0.29) is 12.4 Å². The molecular weight excluding hydrogens is 520 g/mol. The van der Waals surface area contributed by atoms with Crippen molar-refractivity contribution in [3.05, 3.63) is 24.3 Å². The number of hydrogen-bond acceptors (Lipinski definition) is 3. The van der Waals surface area contributed by atoms with Crippen LogP contribution >= 0.6 is 0 Å². The summed E-state index contributed by atoms with van der Waals surface area (Å²) < 4.78 is 5.56. The number of aliphatic carboxylic acids is 1. The molecule has 0 saturated carbocycles. The van der Waals surface area contributed by atoms with Crippen LogP contribution in [0.2, 0.25) is 0 Å². The Balaban J connectivity index is 3.63. The van der Waals surface area contributed by atoms with Crippen molar-refractivity contribution in [2.45, 2.75) is 206 Å². The van der Waals surface area contributed by atoms with Gasteiger partial charge in [0.1, 0.15) is 6.10 Å². The highest BCUT2D eigenvalue weighted by Gasteiger charge is 2.17. The molecule has 1 N–H and O–H groups in total. The van der Waals surface area contributed by atoms with Crippen molar-refractivity contribution in [1.29, 1.82) is 0 Å². The number of rotatable bonds is 33. The van der Waals surface area contributed by atoms with Crippen molar-refractivity contribution in [3.63, 3.8) is 0 Å². The Hall–Kier alpha value is -1.58. The van der Waals surface area contributed by atoms with Gasteiger partial charge in [-0.15, -0.1) is 0 Å². The van der Waals surface area contributed by atoms with E-state index in [9.17, 15) is 14.7 Å². The molecule has 0 aromatic rings. The van der Waals surface area contributed by atoms with Gasteiger partial charge >= 0.3 is 11.9 Å². The van der Waals surface area contributed by atoms with Crippen LogP contribution in [0.3, 0.4) is 0 Å². The zero-order chi connectivity index (χ0) is 30.8. The van der Waals surface area contributed by atoms with Gasteiger partial charge in [0.25, 0.3) is 0 Å². The Kier molecular flexibility index (Phi) is 32.6. The average molecular weight is 591 g/mol. The summed E-state index contributed by atoms with van der Waals surface area (Å²) in [5, 5.41) is 9.22. The number of carbonyl (C=O) groups excluding carboxylic acids is 1. The number of carbonyl (C=O) groups is 2. The van der Waals surface area contributed by atoms with Gasteiger partial charge in [0.05, 0.1) is 6.42 Å². The van der Waals surface area contributed by atoms with Gasteiger partial charge < -0.3 is 9.84 Å². The summed E-state index contributed by atoms with van der Waals surface area (Å²) in [6.07, 6.45) is 41.9. The molecule has 0 aliphatic rings. The molecule has 4 nitrogen and oxygen atoms in total. The number of esters is 1. The molecule has 0 aromatic heterocycles. The number of allylic oxidation sites excluding steroid dienone is 4. The van der Waals surface area contributed by atoms with Crippen molar-refractivity contribution >= 4 is 11.9 Å². The number of ether oxygens (including phenoxy) is 1. The molecule has 1 unspecified atom stereocenters. The van der Waals surface area contributed by atoms with Gasteiger partial charge in [-0.05, 0) is 51.4 Å². The summed E-state index contributed by atoms with van der Waals surface area (Å²) in [6.45, 7) is 4.50. The Bertz CT molecular complexity index is 639. The summed E-state index contributed by atoms with van der Waals surface area (Å²) in [4.78, 5) is 23.5. The molecule has 0 aromatic carbocycles. The topological polar surface area (TPSA) is 63.6 Å². The van der Waals surface area contributed by atoms with Crippen LogP contribution in [0.5, 0.6) is 0 Å². The van der Waals surface area contributed by atoms with Crippen LogP contribution in [0.25, 0.3) is 0 Å². The fourth-order valence-corrected chi connectivity index (χ4v) is 5.47. The number of carboxylic acid groups (broad SMARTS) is 1. The minimum atomic E-state index is -0.881. The van der Waals surface area contributed by atoms with Gasteiger partial charge in [0.2, 0.25) is 0 Å². The Morgan fingerprint density at radius 3 is 1.45 bits per heavy atom. The lowest BCUT2D eigenvalue weighted by molar-refractivity contribution is -0.153. The summed E-state index contributed by atoms with van der Waals surface area (Å²) in [6, 6.07) is 0. The quantitative estimate of drug-likeness (QED) is 0.0469. The first-order valence-corrected chi connectivity index (χ1v) is 18.3. The van der Waals surface area contributed by atoms with Crippen LogP contribution in [-0.4, -0.2) is 23.1 Å². The molecule has 0 radical (unpaired) electrons. The highest BCUT2D eigenvalue weighted by atomic mass is 16.5. The van der Waals surface area contributed by atoms with Gasteiger partial charge in [-0.1, -0.05) is 160 Å². The maximum atomic E-state index is 12.3. The largest absolute Gasteiger partial charge is 0.481 e. The van der Waals surface area contributed by atoms with E-state index >= 15 is 0 Å². The zero-order valence-corrected chi connectivity index (χ0v) is 28.1. The summed E-state index contributed by atoms with van der Waals surface area (Å²) in [7, 11) is 0. The van der Waals surface area contributed by atoms with Gasteiger partial charge in [0.15, 0.2) is 0 Å². The standard InChI is InChI=1S/C38H70O4/c1-3-5-7-9-11-13-15-16-17-18-19-20-21-22-24-26-28-30-32-34-38(41)42-36(35-37(39)40)33-31-29-27-25-23-14-12-10-8-6-4-2/h11,13,16-17,36H,3-10,12,14-15,18-35H2,1-2H3,(H,39,40)/b13-11-,17-16-. The third-order valence-corrected chi connectivity index (χ3v) is 8.16. The molecule has 0 spiro atoms. The van der Waals surface area contributed by atoms with Crippen molar-refractivity contribution < 1.29 is 19.4 Å². The predicted octanol–water partition coefficient (Wildman–Crippen LogP) is 12.4. The first kappa shape index (κ1) is 40.4. The minimum absolute atomic E-state index is 0.0731. The first-order chi connectivity index (χ1) is 20.6. The molecule has 0 amide bonds. The van der Waals surface area contributed by atoms with Crippen LogP contribution in [-0.2, 0) is 14.3 Å². The smallest absolute Gasteiger partial charge is 0.307 e. The van der Waals surface area contributed by atoms with Crippen LogP contribution in [0.1, 0.15) is 200 Å². The fourth-order valence-electron chi connectivity index (χ4n) is 5.47. The molecule has 4 heteroatoms. The van der Waals surface area contributed by atoms with Gasteiger partial charge in [-0.25, -0.2) is 0 Å². The minimum Gasteiger partial charge on any atom is -0.481 e. The molecule has 0 aliphatic heterocycles. The average Bonchev–Trinajstić information content (AvgIpc) is 2.96. The number of carboxylic acids is 1. The third kappa shape index (κ3) is 32.9. The lowest BCUT2D eigenvalue weighted by atomic mass is 10.0. The molecule has 0 rings (SSSR count). The van der Waals surface area contributed by atoms with Crippen molar-refractivity contribution in [1.82, 2.24) is 0 Å². The maximum Gasteiger partial charge on any atom is 0.307 e. The molecular formula is C38H70O4. The zero-order valence-electron chi connectivity index (χ0n) is 28.1. The summed E-state index contributed by atoms with van der Waals surface area (Å²) in [5.41, 5.74) is 0. The van der Waals surface area contributed by atoms with Crippen LogP contribution in [0.4, 0.5) is 0 Å². The second-order valence-corrected chi connectivity index (χ2v) is 12.4.